The molecule has 0 heterocycles. The van der Waals surface area contributed by atoms with Gasteiger partial charge in [0, 0.05) is 18.4 Å². The summed E-state index contributed by atoms with van der Waals surface area (Å²) in [6.07, 6.45) is 8.09. The Bertz CT molecular complexity index is 322. The number of nitrogens with one attached hydrogen (secondary N) is 1. The summed E-state index contributed by atoms with van der Waals surface area (Å²) in [6.45, 7) is 4.87. The molecule has 0 saturated heterocycles. The van der Waals surface area contributed by atoms with Gasteiger partial charge in [0.05, 0.1) is 0 Å². The van der Waals surface area contributed by atoms with Crippen molar-refractivity contribution in [3.05, 3.63) is 0 Å². The van der Waals surface area contributed by atoms with Crippen LogP contribution in [0.15, 0.2) is 0 Å². The highest BCUT2D eigenvalue weighted by molar-refractivity contribution is 5.82. The Morgan fingerprint density at radius 2 is 1.85 bits per heavy atom. The van der Waals surface area contributed by atoms with Crippen LogP contribution < -0.4 is 5.32 Å². The molecule has 1 fully saturated rings. The zero-order valence-corrected chi connectivity index (χ0v) is 12.9. The molecule has 1 aliphatic rings. The highest BCUT2D eigenvalue weighted by Crippen LogP contribution is 2.41. The summed E-state index contributed by atoms with van der Waals surface area (Å²) in [5.41, 5.74) is -0.122. The number of carboxylic acids is 1. The van der Waals surface area contributed by atoms with E-state index in [0.29, 0.717) is 18.9 Å². The summed E-state index contributed by atoms with van der Waals surface area (Å²) in [5.74, 6) is -0.124. The molecule has 0 aromatic heterocycles. The van der Waals surface area contributed by atoms with Gasteiger partial charge in [0.2, 0.25) is 5.91 Å². The minimum Gasteiger partial charge on any atom is -0.481 e. The molecule has 0 spiro atoms. The number of aliphatic carboxylic acids is 1. The second-order valence-electron chi connectivity index (χ2n) is 6.09. The molecule has 0 aromatic rings. The van der Waals surface area contributed by atoms with Gasteiger partial charge in [0.25, 0.3) is 0 Å². The van der Waals surface area contributed by atoms with Crippen LogP contribution in [0.4, 0.5) is 0 Å². The lowest BCUT2D eigenvalue weighted by atomic mass is 9.82. The minimum absolute atomic E-state index is 0.122. The number of hydrogen-bond acceptors (Lipinski definition) is 2. The third-order valence-electron chi connectivity index (χ3n) is 4.90. The third kappa shape index (κ3) is 4.80. The molecule has 0 aromatic carbocycles. The summed E-state index contributed by atoms with van der Waals surface area (Å²) < 4.78 is 0. The predicted molar refractivity (Wildman–Crippen MR) is 79.5 cm³/mol. The average Bonchev–Trinajstić information content (AvgIpc) is 2.92. The Balaban J connectivity index is 2.31. The van der Waals surface area contributed by atoms with Crippen LogP contribution >= 0.6 is 0 Å². The molecule has 0 bridgehead atoms. The van der Waals surface area contributed by atoms with Crippen LogP contribution in [-0.2, 0) is 9.59 Å². The summed E-state index contributed by atoms with van der Waals surface area (Å²) in [6, 6.07) is 0. The van der Waals surface area contributed by atoms with Crippen LogP contribution in [0.3, 0.4) is 0 Å². The van der Waals surface area contributed by atoms with Gasteiger partial charge in [-0.1, -0.05) is 33.1 Å². The number of amides is 1. The van der Waals surface area contributed by atoms with Crippen molar-refractivity contribution < 1.29 is 14.7 Å². The maximum absolute atomic E-state index is 12.3. The van der Waals surface area contributed by atoms with Gasteiger partial charge in [-0.2, -0.15) is 0 Å². The second kappa shape index (κ2) is 8.28. The fraction of sp³-hybridized carbons (Fsp3) is 0.875. The first-order valence-corrected chi connectivity index (χ1v) is 8.04. The van der Waals surface area contributed by atoms with Gasteiger partial charge < -0.3 is 10.4 Å². The van der Waals surface area contributed by atoms with Gasteiger partial charge in [0.15, 0.2) is 0 Å². The van der Waals surface area contributed by atoms with Crippen molar-refractivity contribution in [3.8, 4) is 0 Å². The molecule has 4 nitrogen and oxygen atoms in total. The fourth-order valence-electron chi connectivity index (χ4n) is 3.25. The number of hydrogen-bond donors (Lipinski definition) is 2. The molecule has 1 amide bonds. The number of carbonyl (C=O) groups is 2. The highest BCUT2D eigenvalue weighted by atomic mass is 16.4. The first kappa shape index (κ1) is 17.0. The van der Waals surface area contributed by atoms with E-state index in [1.807, 2.05) is 0 Å². The standard InChI is InChI=1S/C16H29NO3/c1-3-13(7-8-14(18)19)9-12-17-15(20)16(4-2)10-5-6-11-16/h13H,3-12H2,1-2H3,(H,17,20)(H,18,19). The van der Waals surface area contributed by atoms with Gasteiger partial charge in [-0.15, -0.1) is 0 Å². The van der Waals surface area contributed by atoms with Gasteiger partial charge in [-0.05, 0) is 38.0 Å². The molecule has 20 heavy (non-hydrogen) atoms. The normalized spacial score (nSPS) is 18.7. The lowest BCUT2D eigenvalue weighted by Gasteiger charge is -2.26. The van der Waals surface area contributed by atoms with Crippen LogP contribution in [0.1, 0.15) is 71.6 Å². The molecule has 0 radical (unpaired) electrons. The fourth-order valence-corrected chi connectivity index (χ4v) is 3.25. The zero-order chi connectivity index (χ0) is 15.0. The van der Waals surface area contributed by atoms with E-state index in [9.17, 15) is 9.59 Å². The maximum Gasteiger partial charge on any atom is 0.303 e. The van der Waals surface area contributed by atoms with Crippen molar-refractivity contribution in [1.82, 2.24) is 5.32 Å². The van der Waals surface area contributed by atoms with Crippen molar-refractivity contribution in [2.75, 3.05) is 6.54 Å². The summed E-state index contributed by atoms with van der Waals surface area (Å²) >= 11 is 0. The van der Waals surface area contributed by atoms with Crippen molar-refractivity contribution in [2.45, 2.75) is 71.6 Å². The molecule has 1 unspecified atom stereocenters. The first-order chi connectivity index (χ1) is 9.54. The van der Waals surface area contributed by atoms with E-state index in [1.54, 1.807) is 0 Å². The van der Waals surface area contributed by atoms with Gasteiger partial charge in [-0.25, -0.2) is 0 Å². The number of carboxylic acid groups (broad SMARTS) is 1. The van der Waals surface area contributed by atoms with Crippen molar-refractivity contribution >= 4 is 11.9 Å². The van der Waals surface area contributed by atoms with E-state index in [2.05, 4.69) is 19.2 Å². The van der Waals surface area contributed by atoms with E-state index in [4.69, 9.17) is 5.11 Å². The smallest absolute Gasteiger partial charge is 0.303 e. The Morgan fingerprint density at radius 3 is 2.35 bits per heavy atom. The van der Waals surface area contributed by atoms with Crippen LogP contribution in [0, 0.1) is 11.3 Å². The topological polar surface area (TPSA) is 66.4 Å². The molecule has 1 aliphatic carbocycles. The Hall–Kier alpha value is -1.06. The van der Waals surface area contributed by atoms with E-state index in [1.165, 1.54) is 0 Å². The van der Waals surface area contributed by atoms with E-state index < -0.39 is 5.97 Å². The molecular weight excluding hydrogens is 254 g/mol. The molecule has 2 N–H and O–H groups in total. The molecule has 4 heteroatoms. The van der Waals surface area contributed by atoms with Crippen molar-refractivity contribution in [3.63, 3.8) is 0 Å². The minimum atomic E-state index is -0.733. The Morgan fingerprint density at radius 1 is 1.20 bits per heavy atom. The molecule has 1 saturated carbocycles. The van der Waals surface area contributed by atoms with Gasteiger partial charge in [0.1, 0.15) is 0 Å². The summed E-state index contributed by atoms with van der Waals surface area (Å²) in [7, 11) is 0. The largest absolute Gasteiger partial charge is 0.481 e. The van der Waals surface area contributed by atoms with Crippen LogP contribution in [0.5, 0.6) is 0 Å². The monoisotopic (exact) mass is 283 g/mol. The van der Waals surface area contributed by atoms with E-state index >= 15 is 0 Å². The maximum atomic E-state index is 12.3. The van der Waals surface area contributed by atoms with E-state index in [-0.39, 0.29) is 17.7 Å². The van der Waals surface area contributed by atoms with Crippen LogP contribution in [0.25, 0.3) is 0 Å². The molecule has 116 valence electrons. The zero-order valence-electron chi connectivity index (χ0n) is 12.9. The van der Waals surface area contributed by atoms with E-state index in [0.717, 1.165) is 44.9 Å². The molecule has 0 aliphatic heterocycles. The molecule has 1 atom stereocenters. The third-order valence-corrected chi connectivity index (χ3v) is 4.90. The SMILES string of the molecule is CCC(CCNC(=O)C1(CC)CCCC1)CCC(=O)O. The van der Waals surface area contributed by atoms with Gasteiger partial charge >= 0.3 is 5.97 Å². The quantitative estimate of drug-likeness (QED) is 0.682. The Kier molecular flexibility index (Phi) is 7.03. The molecule has 1 rings (SSSR count). The second-order valence-corrected chi connectivity index (χ2v) is 6.09. The first-order valence-electron chi connectivity index (χ1n) is 8.04. The number of carbonyl (C=O) groups excluding carboxylic acids is 1. The summed E-state index contributed by atoms with van der Waals surface area (Å²) in [5, 5.41) is 11.8. The van der Waals surface area contributed by atoms with Crippen molar-refractivity contribution in [2.24, 2.45) is 11.3 Å². The lowest BCUT2D eigenvalue weighted by Crippen LogP contribution is -2.39. The van der Waals surface area contributed by atoms with Crippen LogP contribution in [0.2, 0.25) is 0 Å². The van der Waals surface area contributed by atoms with Crippen LogP contribution in [-0.4, -0.2) is 23.5 Å². The summed E-state index contributed by atoms with van der Waals surface area (Å²) in [4.78, 5) is 22.9. The predicted octanol–water partition coefficient (Wildman–Crippen LogP) is 3.35. The average molecular weight is 283 g/mol. The highest BCUT2D eigenvalue weighted by Gasteiger charge is 2.38. The lowest BCUT2D eigenvalue weighted by molar-refractivity contribution is -0.137. The molecular formula is C16H29NO3. The van der Waals surface area contributed by atoms with Crippen molar-refractivity contribution in [1.29, 1.82) is 0 Å². The van der Waals surface area contributed by atoms with Gasteiger partial charge in [-0.3, -0.25) is 9.59 Å². The Labute approximate surface area is 122 Å². The number of rotatable bonds is 9.